The molecule has 0 heterocycles. The zero-order valence-corrected chi connectivity index (χ0v) is 8.55. The molecule has 0 amide bonds. The van der Waals surface area contributed by atoms with Crippen molar-refractivity contribution in [2.24, 2.45) is 0 Å². The van der Waals surface area contributed by atoms with E-state index in [-0.39, 0.29) is 7.43 Å². The minimum Gasteiger partial charge on any atom is -0.264 e. The van der Waals surface area contributed by atoms with E-state index in [4.69, 9.17) is 17.5 Å². The minimum absolute atomic E-state index is 0. The molecule has 5 heteroatoms. The van der Waals surface area contributed by atoms with Gasteiger partial charge in [0.25, 0.3) is 0 Å². The molecule has 2 aromatic carbocycles. The molecule has 0 spiro atoms. The van der Waals surface area contributed by atoms with E-state index >= 15 is 0 Å². The van der Waals surface area contributed by atoms with Gasteiger partial charge in [-0.2, -0.15) is 8.42 Å². The van der Waals surface area contributed by atoms with Crippen molar-refractivity contribution in [3.8, 4) is 0 Å². The molecule has 0 aliphatic carbocycles. The van der Waals surface area contributed by atoms with Gasteiger partial charge in [-0.05, 0) is 10.8 Å². The van der Waals surface area contributed by atoms with Crippen molar-refractivity contribution in [1.29, 1.82) is 0 Å². The molecule has 0 bridgehead atoms. The maximum Gasteiger partial charge on any atom is 0.394 e. The third-order valence-corrected chi connectivity index (χ3v) is 1.66. The molecule has 16 heavy (non-hydrogen) atoms. The highest BCUT2D eigenvalue weighted by atomic mass is 32.3. The largest absolute Gasteiger partial charge is 0.394 e. The molecule has 0 aliphatic heterocycles. The number of hydrogen-bond donors (Lipinski definition) is 2. The summed E-state index contributed by atoms with van der Waals surface area (Å²) >= 11 is 0. The Labute approximate surface area is 95.1 Å². The Hall–Kier alpha value is -1.43. The van der Waals surface area contributed by atoms with Gasteiger partial charge in [0, 0.05) is 0 Å². The first kappa shape index (κ1) is 14.6. The van der Waals surface area contributed by atoms with Gasteiger partial charge in [0.1, 0.15) is 0 Å². The van der Waals surface area contributed by atoms with Crippen LogP contribution in [-0.2, 0) is 10.4 Å². The molecule has 0 radical (unpaired) electrons. The van der Waals surface area contributed by atoms with Crippen LogP contribution >= 0.6 is 0 Å². The van der Waals surface area contributed by atoms with Gasteiger partial charge in [-0.15, -0.1) is 0 Å². The summed E-state index contributed by atoms with van der Waals surface area (Å²) in [5.41, 5.74) is 0. The SMILES string of the molecule is C.O=S(=O)(O)O.c1ccc2ccccc2c1. The maximum atomic E-state index is 8.74. The van der Waals surface area contributed by atoms with Crippen LogP contribution < -0.4 is 0 Å². The number of hydrogen-bond acceptors (Lipinski definition) is 2. The Morgan fingerprint density at radius 1 is 0.750 bits per heavy atom. The molecule has 0 saturated heterocycles. The summed E-state index contributed by atoms with van der Waals surface area (Å²) < 4.78 is 31.6. The van der Waals surface area contributed by atoms with Crippen molar-refractivity contribution in [3.05, 3.63) is 48.5 Å². The fourth-order valence-electron chi connectivity index (χ4n) is 1.13. The van der Waals surface area contributed by atoms with Crippen LogP contribution in [0.5, 0.6) is 0 Å². The molecule has 2 rings (SSSR count). The molecule has 2 N–H and O–H groups in total. The Morgan fingerprint density at radius 2 is 0.938 bits per heavy atom. The lowest BCUT2D eigenvalue weighted by Crippen LogP contribution is -1.89. The third kappa shape index (κ3) is 6.13. The van der Waals surface area contributed by atoms with Crippen LogP contribution in [0.15, 0.2) is 48.5 Å². The van der Waals surface area contributed by atoms with E-state index in [1.54, 1.807) is 0 Å². The second-order valence-corrected chi connectivity index (χ2v) is 3.69. The van der Waals surface area contributed by atoms with Crippen LogP contribution in [0, 0.1) is 0 Å². The Bertz CT molecular complexity index is 461. The van der Waals surface area contributed by atoms with Crippen molar-refractivity contribution in [1.82, 2.24) is 0 Å². The van der Waals surface area contributed by atoms with E-state index in [0.717, 1.165) is 0 Å². The molecule has 0 fully saturated rings. The van der Waals surface area contributed by atoms with Crippen molar-refractivity contribution in [2.75, 3.05) is 0 Å². The highest BCUT2D eigenvalue weighted by Crippen LogP contribution is 2.11. The third-order valence-electron chi connectivity index (χ3n) is 1.66. The molecule has 0 saturated carbocycles. The van der Waals surface area contributed by atoms with Gasteiger partial charge in [-0.1, -0.05) is 56.0 Å². The van der Waals surface area contributed by atoms with Crippen LogP contribution in [0.4, 0.5) is 0 Å². The number of fused-ring (bicyclic) bond motifs is 1. The van der Waals surface area contributed by atoms with Crippen LogP contribution in [0.3, 0.4) is 0 Å². The van der Waals surface area contributed by atoms with Gasteiger partial charge in [0.2, 0.25) is 0 Å². The smallest absolute Gasteiger partial charge is 0.264 e. The molecular formula is C11H14O4S. The average molecular weight is 242 g/mol. The predicted molar refractivity (Wildman–Crippen MR) is 64.9 cm³/mol. The monoisotopic (exact) mass is 242 g/mol. The standard InChI is InChI=1S/C10H8.CH4.H2O4S/c1-2-6-10-8-4-3-7-9(10)5-1;;1-5(2,3)4/h1-8H;1H4;(H2,1,2,3,4). The number of rotatable bonds is 0. The van der Waals surface area contributed by atoms with E-state index < -0.39 is 10.4 Å². The summed E-state index contributed by atoms with van der Waals surface area (Å²) in [5.74, 6) is 0. The van der Waals surface area contributed by atoms with Crippen LogP contribution in [0.25, 0.3) is 10.8 Å². The second kappa shape index (κ2) is 6.22. The molecule has 88 valence electrons. The van der Waals surface area contributed by atoms with Gasteiger partial charge in [-0.3, -0.25) is 9.11 Å². The fourth-order valence-corrected chi connectivity index (χ4v) is 1.13. The molecule has 0 unspecified atom stereocenters. The molecule has 0 atom stereocenters. The molecule has 2 aromatic rings. The van der Waals surface area contributed by atoms with Crippen LogP contribution in [-0.4, -0.2) is 17.5 Å². The highest BCUT2D eigenvalue weighted by molar-refractivity contribution is 7.79. The topological polar surface area (TPSA) is 74.6 Å². The maximum absolute atomic E-state index is 8.74. The lowest BCUT2D eigenvalue weighted by atomic mass is 10.1. The first-order chi connectivity index (χ1) is 6.97. The molecule has 4 nitrogen and oxygen atoms in total. The first-order valence-electron chi connectivity index (χ1n) is 4.10. The predicted octanol–water partition coefficient (Wildman–Crippen LogP) is 2.82. The van der Waals surface area contributed by atoms with E-state index in [9.17, 15) is 0 Å². The average Bonchev–Trinajstić information content (AvgIpc) is 2.16. The van der Waals surface area contributed by atoms with E-state index in [0.29, 0.717) is 0 Å². The quantitative estimate of drug-likeness (QED) is 0.696. The first-order valence-corrected chi connectivity index (χ1v) is 5.50. The van der Waals surface area contributed by atoms with Crippen LogP contribution in [0.1, 0.15) is 7.43 Å². The molecular weight excluding hydrogens is 228 g/mol. The zero-order valence-electron chi connectivity index (χ0n) is 7.74. The Kier molecular flexibility index (Phi) is 5.66. The summed E-state index contributed by atoms with van der Waals surface area (Å²) in [4.78, 5) is 0. The van der Waals surface area contributed by atoms with Gasteiger partial charge >= 0.3 is 10.4 Å². The van der Waals surface area contributed by atoms with Gasteiger partial charge in [0.15, 0.2) is 0 Å². The van der Waals surface area contributed by atoms with E-state index in [1.165, 1.54) is 10.8 Å². The van der Waals surface area contributed by atoms with Crippen molar-refractivity contribution in [3.63, 3.8) is 0 Å². The molecule has 0 aromatic heterocycles. The summed E-state index contributed by atoms with van der Waals surface area (Å²) in [6, 6.07) is 16.7. The number of benzene rings is 2. The van der Waals surface area contributed by atoms with Crippen LogP contribution in [0.2, 0.25) is 0 Å². The molecule has 0 aliphatic rings. The Balaban J connectivity index is 0.000000330. The Morgan fingerprint density at radius 3 is 1.12 bits per heavy atom. The summed E-state index contributed by atoms with van der Waals surface area (Å²) in [7, 11) is -4.67. The summed E-state index contributed by atoms with van der Waals surface area (Å²) in [6.07, 6.45) is 0. The zero-order chi connectivity index (χ0) is 11.3. The van der Waals surface area contributed by atoms with Gasteiger partial charge < -0.3 is 0 Å². The summed E-state index contributed by atoms with van der Waals surface area (Å²) in [6.45, 7) is 0. The lowest BCUT2D eigenvalue weighted by molar-refractivity contribution is 0.381. The van der Waals surface area contributed by atoms with Crippen molar-refractivity contribution >= 4 is 21.2 Å². The van der Waals surface area contributed by atoms with Crippen molar-refractivity contribution < 1.29 is 17.5 Å². The second-order valence-electron chi connectivity index (χ2n) is 2.79. The normalized spacial score (nSPS) is 9.88. The minimum atomic E-state index is -4.67. The fraction of sp³-hybridized carbons (Fsp3) is 0.0909. The van der Waals surface area contributed by atoms with Gasteiger partial charge in [-0.25, -0.2) is 0 Å². The van der Waals surface area contributed by atoms with E-state index in [1.807, 2.05) is 0 Å². The summed E-state index contributed by atoms with van der Waals surface area (Å²) in [5, 5.41) is 2.62. The lowest BCUT2D eigenvalue weighted by Gasteiger charge is -1.92. The van der Waals surface area contributed by atoms with E-state index in [2.05, 4.69) is 48.5 Å². The highest BCUT2D eigenvalue weighted by Gasteiger charge is 1.85. The van der Waals surface area contributed by atoms with Gasteiger partial charge in [0.05, 0.1) is 0 Å². The van der Waals surface area contributed by atoms with Crippen molar-refractivity contribution in [2.45, 2.75) is 7.43 Å².